The molecule has 0 amide bonds. The number of ether oxygens (including phenoxy) is 1. The van der Waals surface area contributed by atoms with Crippen LogP contribution in [0.2, 0.25) is 0 Å². The molecule has 0 N–H and O–H groups in total. The van der Waals surface area contributed by atoms with E-state index in [0.29, 0.717) is 6.54 Å². The molecule has 1 unspecified atom stereocenters. The Hall–Kier alpha value is -0.830. The molecular weight excluding hydrogens is 214 g/mol. The molecule has 3 heteroatoms. The molecule has 0 aromatic heterocycles. The van der Waals surface area contributed by atoms with Crippen molar-refractivity contribution in [3.63, 3.8) is 0 Å². The summed E-state index contributed by atoms with van der Waals surface area (Å²) >= 11 is 0. The van der Waals surface area contributed by atoms with Gasteiger partial charge in [-0.05, 0) is 59.5 Å². The Morgan fingerprint density at radius 2 is 2.00 bits per heavy atom. The van der Waals surface area contributed by atoms with E-state index in [1.807, 2.05) is 6.92 Å². The third-order valence-electron chi connectivity index (χ3n) is 3.01. The monoisotopic (exact) mass is 239 g/mol. The van der Waals surface area contributed by atoms with Crippen LogP contribution in [0.1, 0.15) is 46.5 Å². The van der Waals surface area contributed by atoms with Gasteiger partial charge in [0, 0.05) is 0 Å². The Morgan fingerprint density at radius 3 is 2.59 bits per heavy atom. The molecule has 1 fully saturated rings. The summed E-state index contributed by atoms with van der Waals surface area (Å²) in [4.78, 5) is 13.8. The van der Waals surface area contributed by atoms with E-state index in [1.165, 1.54) is 18.4 Å². The number of allylic oxidation sites excluding steroid dienone is 2. The minimum Gasteiger partial charge on any atom is -0.462 e. The third-order valence-corrected chi connectivity index (χ3v) is 3.01. The van der Waals surface area contributed by atoms with Gasteiger partial charge in [-0.1, -0.05) is 11.6 Å². The van der Waals surface area contributed by atoms with Gasteiger partial charge in [0.2, 0.25) is 0 Å². The molecule has 0 aliphatic carbocycles. The van der Waals surface area contributed by atoms with Gasteiger partial charge < -0.3 is 4.74 Å². The average molecular weight is 239 g/mol. The Morgan fingerprint density at radius 1 is 1.35 bits per heavy atom. The van der Waals surface area contributed by atoms with Crippen molar-refractivity contribution in [1.29, 1.82) is 0 Å². The second-order valence-electron chi connectivity index (χ2n) is 5.14. The maximum Gasteiger partial charge on any atom is 0.320 e. The summed E-state index contributed by atoms with van der Waals surface area (Å²) in [5.74, 6) is -0.0726. The molecule has 1 heterocycles. The van der Waals surface area contributed by atoms with Crippen molar-refractivity contribution >= 4 is 5.97 Å². The highest BCUT2D eigenvalue weighted by atomic mass is 16.5. The fourth-order valence-corrected chi connectivity index (χ4v) is 2.05. The van der Waals surface area contributed by atoms with E-state index >= 15 is 0 Å². The maximum absolute atomic E-state index is 11.6. The van der Waals surface area contributed by atoms with Crippen molar-refractivity contribution in [2.24, 2.45) is 0 Å². The molecule has 1 aliphatic heterocycles. The SMILES string of the molecule is CC(C)=CCCC(C)OC(=O)CN1CCCC1. The Balaban J connectivity index is 2.14. The number of hydrogen-bond acceptors (Lipinski definition) is 3. The van der Waals surface area contributed by atoms with Crippen LogP contribution in [-0.4, -0.2) is 36.6 Å². The zero-order valence-electron chi connectivity index (χ0n) is 11.4. The zero-order chi connectivity index (χ0) is 12.7. The van der Waals surface area contributed by atoms with Gasteiger partial charge in [-0.15, -0.1) is 0 Å². The summed E-state index contributed by atoms with van der Waals surface area (Å²) < 4.78 is 5.38. The minimum absolute atomic E-state index is 0.0284. The highest BCUT2D eigenvalue weighted by molar-refractivity contribution is 5.71. The molecule has 3 nitrogen and oxygen atoms in total. The molecule has 0 bridgehead atoms. The molecule has 0 radical (unpaired) electrons. The van der Waals surface area contributed by atoms with Gasteiger partial charge in [-0.3, -0.25) is 9.69 Å². The summed E-state index contributed by atoms with van der Waals surface area (Å²) in [5.41, 5.74) is 1.32. The third kappa shape index (κ3) is 6.47. The topological polar surface area (TPSA) is 29.5 Å². The van der Waals surface area contributed by atoms with Crippen molar-refractivity contribution < 1.29 is 9.53 Å². The van der Waals surface area contributed by atoms with Crippen molar-refractivity contribution in [2.75, 3.05) is 19.6 Å². The minimum atomic E-state index is -0.0726. The number of carbonyl (C=O) groups is 1. The lowest BCUT2D eigenvalue weighted by Crippen LogP contribution is -2.30. The van der Waals surface area contributed by atoms with E-state index in [4.69, 9.17) is 4.74 Å². The summed E-state index contributed by atoms with van der Waals surface area (Å²) in [7, 11) is 0. The second-order valence-corrected chi connectivity index (χ2v) is 5.14. The summed E-state index contributed by atoms with van der Waals surface area (Å²) in [5, 5.41) is 0. The van der Waals surface area contributed by atoms with Gasteiger partial charge in [0.05, 0.1) is 12.6 Å². The summed E-state index contributed by atoms with van der Waals surface area (Å²) in [6, 6.07) is 0. The lowest BCUT2D eigenvalue weighted by molar-refractivity contribution is -0.149. The largest absolute Gasteiger partial charge is 0.462 e. The van der Waals surface area contributed by atoms with Crippen LogP contribution in [0, 0.1) is 0 Å². The molecule has 17 heavy (non-hydrogen) atoms. The Labute approximate surface area is 105 Å². The highest BCUT2D eigenvalue weighted by Gasteiger charge is 2.17. The van der Waals surface area contributed by atoms with Gasteiger partial charge in [0.1, 0.15) is 0 Å². The summed E-state index contributed by atoms with van der Waals surface area (Å²) in [6.45, 7) is 8.70. The lowest BCUT2D eigenvalue weighted by Gasteiger charge is -2.16. The first-order chi connectivity index (χ1) is 8.08. The molecule has 0 spiro atoms. The van der Waals surface area contributed by atoms with E-state index in [0.717, 1.165) is 25.9 Å². The average Bonchev–Trinajstić information content (AvgIpc) is 2.69. The van der Waals surface area contributed by atoms with E-state index in [9.17, 15) is 4.79 Å². The quantitative estimate of drug-likeness (QED) is 0.527. The number of nitrogens with zero attached hydrogens (tertiary/aromatic N) is 1. The van der Waals surface area contributed by atoms with Crippen LogP contribution in [0.15, 0.2) is 11.6 Å². The molecule has 98 valence electrons. The lowest BCUT2D eigenvalue weighted by atomic mass is 10.2. The fourth-order valence-electron chi connectivity index (χ4n) is 2.05. The van der Waals surface area contributed by atoms with Crippen LogP contribution in [-0.2, 0) is 9.53 Å². The van der Waals surface area contributed by atoms with Gasteiger partial charge in [0.25, 0.3) is 0 Å². The van der Waals surface area contributed by atoms with Gasteiger partial charge in [-0.25, -0.2) is 0 Å². The van der Waals surface area contributed by atoms with Crippen LogP contribution in [0.3, 0.4) is 0 Å². The first kappa shape index (κ1) is 14.2. The first-order valence-corrected chi connectivity index (χ1v) is 6.63. The van der Waals surface area contributed by atoms with Gasteiger partial charge in [0.15, 0.2) is 0 Å². The normalized spacial score (nSPS) is 17.8. The standard InChI is InChI=1S/C14H25NO2/c1-12(2)7-6-8-13(3)17-14(16)11-15-9-4-5-10-15/h7,13H,4-6,8-11H2,1-3H3. The van der Waals surface area contributed by atoms with Crippen LogP contribution < -0.4 is 0 Å². The van der Waals surface area contributed by atoms with Crippen molar-refractivity contribution in [3.05, 3.63) is 11.6 Å². The van der Waals surface area contributed by atoms with E-state index in [1.54, 1.807) is 0 Å². The van der Waals surface area contributed by atoms with Crippen LogP contribution in [0.4, 0.5) is 0 Å². The molecule has 1 rings (SSSR count). The van der Waals surface area contributed by atoms with E-state index in [-0.39, 0.29) is 12.1 Å². The van der Waals surface area contributed by atoms with Gasteiger partial charge in [-0.2, -0.15) is 0 Å². The van der Waals surface area contributed by atoms with Crippen molar-refractivity contribution in [1.82, 2.24) is 4.90 Å². The highest BCUT2D eigenvalue weighted by Crippen LogP contribution is 2.09. The van der Waals surface area contributed by atoms with Gasteiger partial charge >= 0.3 is 5.97 Å². The van der Waals surface area contributed by atoms with Crippen molar-refractivity contribution in [3.8, 4) is 0 Å². The molecular formula is C14H25NO2. The second kappa shape index (κ2) is 7.49. The maximum atomic E-state index is 11.6. The number of rotatable bonds is 6. The smallest absolute Gasteiger partial charge is 0.320 e. The number of hydrogen-bond donors (Lipinski definition) is 0. The first-order valence-electron chi connectivity index (χ1n) is 6.63. The molecule has 0 saturated carbocycles. The number of likely N-dealkylation sites (tertiary alicyclic amines) is 1. The molecule has 1 aliphatic rings. The molecule has 1 atom stereocenters. The number of carbonyl (C=O) groups excluding carboxylic acids is 1. The Bertz CT molecular complexity index is 263. The van der Waals surface area contributed by atoms with Crippen LogP contribution >= 0.6 is 0 Å². The Kier molecular flexibility index (Phi) is 6.27. The molecule has 0 aromatic carbocycles. The summed E-state index contributed by atoms with van der Waals surface area (Å²) in [6.07, 6.45) is 6.54. The van der Waals surface area contributed by atoms with E-state index in [2.05, 4.69) is 24.8 Å². The van der Waals surface area contributed by atoms with Crippen LogP contribution in [0.5, 0.6) is 0 Å². The number of esters is 1. The predicted molar refractivity (Wildman–Crippen MR) is 69.9 cm³/mol. The van der Waals surface area contributed by atoms with Crippen LogP contribution in [0.25, 0.3) is 0 Å². The van der Waals surface area contributed by atoms with E-state index < -0.39 is 0 Å². The fraction of sp³-hybridized carbons (Fsp3) is 0.786. The zero-order valence-corrected chi connectivity index (χ0v) is 11.4. The molecule has 0 aromatic rings. The van der Waals surface area contributed by atoms with Crippen molar-refractivity contribution in [2.45, 2.75) is 52.6 Å². The predicted octanol–water partition coefficient (Wildman–Crippen LogP) is 2.76. The molecule has 1 saturated heterocycles.